The summed E-state index contributed by atoms with van der Waals surface area (Å²) < 4.78 is 16.3. The molecule has 1 aromatic heterocycles. The highest BCUT2D eigenvalue weighted by Gasteiger charge is 2.19. The molecular formula is C23H22N2O4. The van der Waals surface area contributed by atoms with Crippen molar-refractivity contribution in [3.8, 4) is 17.2 Å². The number of carbonyl (C=O) groups is 1. The molecule has 1 aliphatic heterocycles. The van der Waals surface area contributed by atoms with E-state index >= 15 is 0 Å². The largest absolute Gasteiger partial charge is 0.494 e. The highest BCUT2D eigenvalue weighted by molar-refractivity contribution is 5.94. The molecule has 0 saturated carbocycles. The lowest BCUT2D eigenvalue weighted by Crippen LogP contribution is -2.30. The summed E-state index contributed by atoms with van der Waals surface area (Å²) in [5.74, 6) is 2.12. The molecule has 3 aromatic rings. The van der Waals surface area contributed by atoms with Crippen LogP contribution in [0.15, 0.2) is 67.0 Å². The van der Waals surface area contributed by atoms with Crippen LogP contribution in [0.4, 0.5) is 0 Å². The van der Waals surface area contributed by atoms with Crippen molar-refractivity contribution in [1.82, 2.24) is 9.88 Å². The van der Waals surface area contributed by atoms with Crippen molar-refractivity contribution >= 4 is 5.91 Å². The molecule has 2 heterocycles. The highest BCUT2D eigenvalue weighted by atomic mass is 16.7. The molecule has 2 aromatic carbocycles. The first-order valence-corrected chi connectivity index (χ1v) is 9.52. The van der Waals surface area contributed by atoms with Crippen LogP contribution in [0.25, 0.3) is 0 Å². The van der Waals surface area contributed by atoms with Crippen molar-refractivity contribution in [1.29, 1.82) is 0 Å². The number of hydrogen-bond donors (Lipinski definition) is 0. The fourth-order valence-electron chi connectivity index (χ4n) is 3.21. The first-order chi connectivity index (χ1) is 14.2. The molecule has 1 aliphatic rings. The van der Waals surface area contributed by atoms with Crippen molar-refractivity contribution < 1.29 is 19.0 Å². The zero-order valence-corrected chi connectivity index (χ0v) is 16.2. The van der Waals surface area contributed by atoms with E-state index in [1.54, 1.807) is 29.4 Å². The molecule has 0 N–H and O–H groups in total. The van der Waals surface area contributed by atoms with Gasteiger partial charge in [-0.1, -0.05) is 12.1 Å². The van der Waals surface area contributed by atoms with E-state index in [0.717, 1.165) is 22.6 Å². The Morgan fingerprint density at radius 2 is 1.83 bits per heavy atom. The Kier molecular flexibility index (Phi) is 5.61. The maximum Gasteiger partial charge on any atom is 0.254 e. The molecule has 0 aliphatic carbocycles. The van der Waals surface area contributed by atoms with Gasteiger partial charge >= 0.3 is 0 Å². The summed E-state index contributed by atoms with van der Waals surface area (Å²) >= 11 is 0. The maximum atomic E-state index is 13.3. The molecule has 0 saturated heterocycles. The molecule has 29 heavy (non-hydrogen) atoms. The predicted octanol–water partition coefficient (Wildman–Crippen LogP) is 4.05. The third-order valence-corrected chi connectivity index (χ3v) is 4.61. The van der Waals surface area contributed by atoms with Gasteiger partial charge in [0.25, 0.3) is 5.91 Å². The fraction of sp³-hybridized carbons (Fsp3) is 0.217. The van der Waals surface area contributed by atoms with Crippen LogP contribution in [0.3, 0.4) is 0 Å². The van der Waals surface area contributed by atoms with Crippen molar-refractivity contribution in [3.63, 3.8) is 0 Å². The molecule has 0 unspecified atom stereocenters. The molecule has 4 rings (SSSR count). The molecule has 148 valence electrons. The summed E-state index contributed by atoms with van der Waals surface area (Å²) in [7, 11) is 0. The van der Waals surface area contributed by atoms with Crippen LogP contribution in [-0.2, 0) is 13.1 Å². The number of ether oxygens (including phenoxy) is 3. The molecule has 0 radical (unpaired) electrons. The van der Waals surface area contributed by atoms with Gasteiger partial charge in [-0.25, -0.2) is 0 Å². The van der Waals surface area contributed by atoms with E-state index in [9.17, 15) is 4.79 Å². The molecule has 0 atom stereocenters. The van der Waals surface area contributed by atoms with Crippen LogP contribution in [-0.4, -0.2) is 29.2 Å². The number of fused-ring (bicyclic) bond motifs is 1. The third-order valence-electron chi connectivity index (χ3n) is 4.61. The first-order valence-electron chi connectivity index (χ1n) is 9.52. The lowest BCUT2D eigenvalue weighted by molar-refractivity contribution is 0.0729. The lowest BCUT2D eigenvalue weighted by Gasteiger charge is -2.23. The average Bonchev–Trinajstić information content (AvgIpc) is 3.22. The Labute approximate surface area is 169 Å². The number of hydrogen-bond acceptors (Lipinski definition) is 5. The second kappa shape index (κ2) is 8.65. The van der Waals surface area contributed by atoms with Gasteiger partial charge < -0.3 is 19.1 Å². The number of benzene rings is 2. The Balaban J connectivity index is 1.58. The van der Waals surface area contributed by atoms with E-state index < -0.39 is 0 Å². The van der Waals surface area contributed by atoms with E-state index in [1.165, 1.54) is 0 Å². The van der Waals surface area contributed by atoms with Crippen molar-refractivity contribution in [2.45, 2.75) is 20.0 Å². The van der Waals surface area contributed by atoms with Crippen LogP contribution < -0.4 is 14.2 Å². The van der Waals surface area contributed by atoms with Gasteiger partial charge in [-0.15, -0.1) is 0 Å². The monoisotopic (exact) mass is 390 g/mol. The van der Waals surface area contributed by atoms with Crippen molar-refractivity contribution in [2.24, 2.45) is 0 Å². The van der Waals surface area contributed by atoms with E-state index in [1.807, 2.05) is 49.4 Å². The quantitative estimate of drug-likeness (QED) is 0.609. The van der Waals surface area contributed by atoms with E-state index in [0.29, 0.717) is 31.0 Å². The Hall–Kier alpha value is -3.54. The molecular weight excluding hydrogens is 368 g/mol. The van der Waals surface area contributed by atoms with Gasteiger partial charge in [0.15, 0.2) is 11.5 Å². The van der Waals surface area contributed by atoms with Crippen molar-refractivity contribution in [2.75, 3.05) is 13.4 Å². The summed E-state index contributed by atoms with van der Waals surface area (Å²) in [4.78, 5) is 19.2. The smallest absolute Gasteiger partial charge is 0.254 e. The Morgan fingerprint density at radius 1 is 1.03 bits per heavy atom. The minimum atomic E-state index is -0.0606. The molecule has 1 amide bonds. The average molecular weight is 390 g/mol. The number of nitrogens with zero attached hydrogens (tertiary/aromatic N) is 2. The number of carbonyl (C=O) groups excluding carboxylic acids is 1. The van der Waals surface area contributed by atoms with Gasteiger partial charge in [-0.3, -0.25) is 9.78 Å². The van der Waals surface area contributed by atoms with Gasteiger partial charge in [0.1, 0.15) is 5.75 Å². The summed E-state index contributed by atoms with van der Waals surface area (Å²) in [5, 5.41) is 0. The molecule has 0 fully saturated rings. The van der Waals surface area contributed by atoms with Crippen LogP contribution in [0.1, 0.15) is 28.4 Å². The third kappa shape index (κ3) is 4.48. The summed E-state index contributed by atoms with van der Waals surface area (Å²) in [6, 6.07) is 16.8. The van der Waals surface area contributed by atoms with Gasteiger partial charge in [0, 0.05) is 31.0 Å². The lowest BCUT2D eigenvalue weighted by atomic mass is 10.1. The topological polar surface area (TPSA) is 60.9 Å². The van der Waals surface area contributed by atoms with Crippen molar-refractivity contribution in [3.05, 3.63) is 83.7 Å². The van der Waals surface area contributed by atoms with Crippen LogP contribution >= 0.6 is 0 Å². The second-order valence-corrected chi connectivity index (χ2v) is 6.67. The van der Waals surface area contributed by atoms with Gasteiger partial charge in [-0.2, -0.15) is 0 Å². The summed E-state index contributed by atoms with van der Waals surface area (Å²) in [6.45, 7) is 3.64. The Bertz CT molecular complexity index is 974. The zero-order chi connectivity index (χ0) is 20.1. The number of rotatable bonds is 7. The van der Waals surface area contributed by atoms with Crippen LogP contribution in [0.2, 0.25) is 0 Å². The van der Waals surface area contributed by atoms with Crippen LogP contribution in [0.5, 0.6) is 17.2 Å². The predicted molar refractivity (Wildman–Crippen MR) is 108 cm³/mol. The molecule has 6 nitrogen and oxygen atoms in total. The minimum Gasteiger partial charge on any atom is -0.494 e. The number of amides is 1. The minimum absolute atomic E-state index is 0.0606. The van der Waals surface area contributed by atoms with E-state index in [4.69, 9.17) is 14.2 Å². The summed E-state index contributed by atoms with van der Waals surface area (Å²) in [5.41, 5.74) is 2.54. The SMILES string of the molecule is CCOc1ccc(C(=O)N(Cc2cccnc2)Cc2ccc3c(c2)OCO3)cc1. The molecule has 0 spiro atoms. The molecule has 0 bridgehead atoms. The van der Waals surface area contributed by atoms with E-state index in [-0.39, 0.29) is 12.7 Å². The van der Waals surface area contributed by atoms with Gasteiger partial charge in [-0.05, 0) is 60.5 Å². The second-order valence-electron chi connectivity index (χ2n) is 6.67. The van der Waals surface area contributed by atoms with Crippen LogP contribution in [0, 0.1) is 0 Å². The summed E-state index contributed by atoms with van der Waals surface area (Å²) in [6.07, 6.45) is 3.50. The van der Waals surface area contributed by atoms with E-state index in [2.05, 4.69) is 4.98 Å². The van der Waals surface area contributed by atoms with Gasteiger partial charge in [0.05, 0.1) is 6.61 Å². The Morgan fingerprint density at radius 3 is 2.59 bits per heavy atom. The standard InChI is InChI=1S/C23H22N2O4/c1-2-27-20-8-6-19(7-9-20)23(26)25(15-18-4-3-11-24-13-18)14-17-5-10-21-22(12-17)29-16-28-21/h3-13H,2,14-16H2,1H3. The molecule has 6 heteroatoms. The highest BCUT2D eigenvalue weighted by Crippen LogP contribution is 2.33. The van der Waals surface area contributed by atoms with Gasteiger partial charge in [0.2, 0.25) is 6.79 Å². The zero-order valence-electron chi connectivity index (χ0n) is 16.2. The first kappa shape index (κ1) is 18.8. The normalized spacial score (nSPS) is 11.9. The number of pyridine rings is 1. The fourth-order valence-corrected chi connectivity index (χ4v) is 3.21. The number of aromatic nitrogens is 1. The maximum absolute atomic E-state index is 13.3.